The van der Waals surface area contributed by atoms with E-state index in [9.17, 15) is 18.0 Å². The van der Waals surface area contributed by atoms with Gasteiger partial charge in [0.05, 0.1) is 19.1 Å². The van der Waals surface area contributed by atoms with Gasteiger partial charge in [-0.25, -0.2) is 0 Å². The monoisotopic (exact) mass is 505 g/mol. The van der Waals surface area contributed by atoms with Crippen LogP contribution in [-0.2, 0) is 9.53 Å². The zero-order valence-electron chi connectivity index (χ0n) is 21.7. The van der Waals surface area contributed by atoms with Crippen molar-refractivity contribution < 1.29 is 27.4 Å². The largest absolute Gasteiger partial charge is 0.490 e. The SMILES string of the molecule is COC(=O)C1CCN(C(c2ccc3cc(OC4CCC(C(C)(C)C)CC4)ccc3c2)C(F)(F)F)CC1. The molecular weight excluding hydrogens is 467 g/mol. The van der Waals surface area contributed by atoms with Crippen molar-refractivity contribution in [2.24, 2.45) is 17.3 Å². The standard InChI is InChI=1S/C29H38F3NO3/c1-28(2,3)23-8-11-24(12-9-23)36-25-10-7-20-17-22(6-5-21(20)18-25)26(29(30,31)32)33-15-13-19(14-16-33)27(34)35-4/h5-7,10,17-19,23-24,26H,8-9,11-16H2,1-4H3. The van der Waals surface area contributed by atoms with Crippen molar-refractivity contribution in [2.45, 2.75) is 77.6 Å². The summed E-state index contributed by atoms with van der Waals surface area (Å²) in [5, 5.41) is 1.62. The topological polar surface area (TPSA) is 38.8 Å². The van der Waals surface area contributed by atoms with Crippen LogP contribution < -0.4 is 4.74 Å². The molecule has 1 aliphatic heterocycles. The van der Waals surface area contributed by atoms with E-state index in [0.717, 1.165) is 42.2 Å². The minimum Gasteiger partial charge on any atom is -0.490 e. The van der Waals surface area contributed by atoms with Crippen LogP contribution in [0.4, 0.5) is 13.2 Å². The Morgan fingerprint density at radius 3 is 2.11 bits per heavy atom. The number of alkyl halides is 3. The van der Waals surface area contributed by atoms with Gasteiger partial charge >= 0.3 is 12.1 Å². The molecule has 0 amide bonds. The predicted molar refractivity (Wildman–Crippen MR) is 135 cm³/mol. The van der Waals surface area contributed by atoms with E-state index in [0.29, 0.717) is 24.2 Å². The zero-order chi connectivity index (χ0) is 26.1. The summed E-state index contributed by atoms with van der Waals surface area (Å²) in [7, 11) is 1.32. The minimum atomic E-state index is -4.42. The van der Waals surface area contributed by atoms with Gasteiger partial charge in [0.15, 0.2) is 0 Å². The van der Waals surface area contributed by atoms with Crippen LogP contribution in [0.5, 0.6) is 5.75 Å². The molecule has 0 N–H and O–H groups in total. The molecule has 198 valence electrons. The average molecular weight is 506 g/mol. The highest BCUT2D eigenvalue weighted by Crippen LogP contribution is 2.42. The summed E-state index contributed by atoms with van der Waals surface area (Å²) in [5.74, 6) is 0.801. The highest BCUT2D eigenvalue weighted by atomic mass is 19.4. The first-order valence-corrected chi connectivity index (χ1v) is 13.0. The van der Waals surface area contributed by atoms with Crippen molar-refractivity contribution >= 4 is 16.7 Å². The number of rotatable bonds is 5. The van der Waals surface area contributed by atoms with Gasteiger partial charge in [0.25, 0.3) is 0 Å². The lowest BCUT2D eigenvalue weighted by molar-refractivity contribution is -0.190. The Morgan fingerprint density at radius 1 is 0.917 bits per heavy atom. The molecule has 2 aromatic carbocycles. The van der Waals surface area contributed by atoms with Gasteiger partial charge in [-0.2, -0.15) is 13.2 Å². The smallest absolute Gasteiger partial charge is 0.408 e. The Bertz CT molecular complexity index is 1050. The quantitative estimate of drug-likeness (QED) is 0.399. The van der Waals surface area contributed by atoms with E-state index in [1.54, 1.807) is 18.2 Å². The second-order valence-electron chi connectivity index (χ2n) is 11.5. The molecule has 0 bridgehead atoms. The Hall–Kier alpha value is -2.28. The van der Waals surface area contributed by atoms with Crippen LogP contribution in [-0.4, -0.2) is 43.3 Å². The molecule has 2 aromatic rings. The van der Waals surface area contributed by atoms with E-state index in [4.69, 9.17) is 9.47 Å². The van der Waals surface area contributed by atoms with Crippen LogP contribution in [0.3, 0.4) is 0 Å². The predicted octanol–water partition coefficient (Wildman–Crippen LogP) is 7.31. The van der Waals surface area contributed by atoms with Crippen molar-refractivity contribution in [1.29, 1.82) is 0 Å². The fourth-order valence-corrected chi connectivity index (χ4v) is 5.89. The average Bonchev–Trinajstić information content (AvgIpc) is 2.83. The maximum Gasteiger partial charge on any atom is 0.408 e. The first-order chi connectivity index (χ1) is 17.0. The highest BCUT2D eigenvalue weighted by molar-refractivity contribution is 5.84. The van der Waals surface area contributed by atoms with Gasteiger partial charge in [-0.3, -0.25) is 9.69 Å². The van der Waals surface area contributed by atoms with Gasteiger partial charge < -0.3 is 9.47 Å². The molecule has 1 aliphatic carbocycles. The van der Waals surface area contributed by atoms with Gasteiger partial charge in [0.2, 0.25) is 0 Å². The van der Waals surface area contributed by atoms with Crippen LogP contribution in [0, 0.1) is 17.3 Å². The van der Waals surface area contributed by atoms with Gasteiger partial charge in [0.1, 0.15) is 11.8 Å². The summed E-state index contributed by atoms with van der Waals surface area (Å²) in [6.07, 6.45) is 0.860. The third-order valence-corrected chi connectivity index (χ3v) is 8.09. The summed E-state index contributed by atoms with van der Waals surface area (Å²) in [6, 6.07) is 8.92. The fourth-order valence-electron chi connectivity index (χ4n) is 5.89. The fraction of sp³-hybridized carbons (Fsp3) is 0.621. The van der Waals surface area contributed by atoms with Crippen LogP contribution in [0.2, 0.25) is 0 Å². The number of hydrogen-bond donors (Lipinski definition) is 0. The Morgan fingerprint density at radius 2 is 1.53 bits per heavy atom. The Kier molecular flexibility index (Phi) is 7.89. The van der Waals surface area contributed by atoms with E-state index >= 15 is 0 Å². The molecule has 2 fully saturated rings. The second-order valence-corrected chi connectivity index (χ2v) is 11.5. The van der Waals surface area contributed by atoms with Crippen molar-refractivity contribution in [3.05, 3.63) is 42.0 Å². The van der Waals surface area contributed by atoms with E-state index < -0.39 is 12.2 Å². The van der Waals surface area contributed by atoms with Crippen LogP contribution >= 0.6 is 0 Å². The van der Waals surface area contributed by atoms with E-state index in [1.165, 1.54) is 12.0 Å². The summed E-state index contributed by atoms with van der Waals surface area (Å²) in [5.41, 5.74) is 0.539. The van der Waals surface area contributed by atoms with Gasteiger partial charge in [0, 0.05) is 0 Å². The molecule has 0 aromatic heterocycles. The lowest BCUT2D eigenvalue weighted by Gasteiger charge is -2.38. The summed E-state index contributed by atoms with van der Waals surface area (Å²) in [4.78, 5) is 13.2. The number of esters is 1. The number of hydrogen-bond acceptors (Lipinski definition) is 4. The van der Waals surface area contributed by atoms with Crippen molar-refractivity contribution in [3.8, 4) is 5.75 Å². The molecule has 4 rings (SSSR count). The third kappa shape index (κ3) is 6.16. The van der Waals surface area contributed by atoms with E-state index in [-0.39, 0.29) is 36.6 Å². The second kappa shape index (κ2) is 10.6. The number of piperidine rings is 1. The summed E-state index contributed by atoms with van der Waals surface area (Å²) < 4.78 is 53.6. The number of benzene rings is 2. The van der Waals surface area contributed by atoms with Crippen LogP contribution in [0.1, 0.15) is 70.9 Å². The van der Waals surface area contributed by atoms with E-state index in [2.05, 4.69) is 20.8 Å². The van der Waals surface area contributed by atoms with E-state index in [1.807, 2.05) is 18.2 Å². The highest BCUT2D eigenvalue weighted by Gasteiger charge is 2.46. The molecule has 0 radical (unpaired) electrons. The van der Waals surface area contributed by atoms with Gasteiger partial charge in [-0.05, 0) is 97.5 Å². The third-order valence-electron chi connectivity index (χ3n) is 8.09. The lowest BCUT2D eigenvalue weighted by atomic mass is 9.72. The number of nitrogens with zero attached hydrogens (tertiary/aromatic N) is 1. The van der Waals surface area contributed by atoms with Gasteiger partial charge in [-0.1, -0.05) is 39.0 Å². The first-order valence-electron chi connectivity index (χ1n) is 13.0. The molecule has 1 atom stereocenters. The van der Waals surface area contributed by atoms with Crippen LogP contribution in [0.15, 0.2) is 36.4 Å². The van der Waals surface area contributed by atoms with Crippen molar-refractivity contribution in [3.63, 3.8) is 0 Å². The van der Waals surface area contributed by atoms with Crippen LogP contribution in [0.25, 0.3) is 10.8 Å². The van der Waals surface area contributed by atoms with Gasteiger partial charge in [-0.15, -0.1) is 0 Å². The number of carbonyl (C=O) groups excluding carboxylic acids is 1. The first kappa shape index (κ1) is 26.8. The minimum absolute atomic E-state index is 0.183. The van der Waals surface area contributed by atoms with Crippen molar-refractivity contribution in [1.82, 2.24) is 4.90 Å². The van der Waals surface area contributed by atoms with Crippen molar-refractivity contribution in [2.75, 3.05) is 20.2 Å². The lowest BCUT2D eigenvalue weighted by Crippen LogP contribution is -2.44. The molecule has 1 saturated heterocycles. The molecule has 1 saturated carbocycles. The summed E-state index contributed by atoms with van der Waals surface area (Å²) >= 11 is 0. The maximum atomic E-state index is 14.2. The number of halogens is 3. The molecule has 1 unspecified atom stereocenters. The molecule has 0 spiro atoms. The maximum absolute atomic E-state index is 14.2. The number of likely N-dealkylation sites (tertiary alicyclic amines) is 1. The number of carbonyl (C=O) groups is 1. The molecular formula is C29H38F3NO3. The molecule has 36 heavy (non-hydrogen) atoms. The Balaban J connectivity index is 1.46. The zero-order valence-corrected chi connectivity index (χ0v) is 21.7. The number of methoxy groups -OCH3 is 1. The molecule has 4 nitrogen and oxygen atoms in total. The normalized spacial score (nSPS) is 23.4. The molecule has 1 heterocycles. The number of ether oxygens (including phenoxy) is 2. The number of fused-ring (bicyclic) bond motifs is 1. The molecule has 2 aliphatic rings. The molecule has 7 heteroatoms. The Labute approximate surface area is 212 Å². The summed E-state index contributed by atoms with van der Waals surface area (Å²) in [6.45, 7) is 7.29.